The zero-order valence-electron chi connectivity index (χ0n) is 11.5. The summed E-state index contributed by atoms with van der Waals surface area (Å²) in [5.74, 6) is -0.536. The fourth-order valence-corrected chi connectivity index (χ4v) is 2.84. The van der Waals surface area contributed by atoms with Gasteiger partial charge in [-0.25, -0.2) is 24.2 Å². The molecule has 112 valence electrons. The number of nitrogens with zero attached hydrogens (tertiary/aromatic N) is 2. The molecule has 1 saturated heterocycles. The summed E-state index contributed by atoms with van der Waals surface area (Å²) in [6.45, 7) is 0.585. The maximum absolute atomic E-state index is 14.0. The summed E-state index contributed by atoms with van der Waals surface area (Å²) in [5, 5.41) is 0. The lowest BCUT2D eigenvalue weighted by atomic mass is 9.94. The van der Waals surface area contributed by atoms with Gasteiger partial charge in [-0.15, -0.1) is 0 Å². The second kappa shape index (κ2) is 5.11. The number of aromatic nitrogens is 3. The van der Waals surface area contributed by atoms with Gasteiger partial charge in [-0.05, 0) is 18.2 Å². The van der Waals surface area contributed by atoms with Gasteiger partial charge < -0.3 is 4.98 Å². The molecule has 1 aromatic carbocycles. The van der Waals surface area contributed by atoms with E-state index in [4.69, 9.17) is 0 Å². The Hall–Kier alpha value is -2.38. The number of halogens is 2. The molecular weight excluding hydrogens is 288 g/mol. The quantitative estimate of drug-likeness (QED) is 0.679. The molecule has 0 aliphatic carbocycles. The van der Waals surface area contributed by atoms with E-state index in [-0.39, 0.29) is 12.0 Å². The van der Waals surface area contributed by atoms with E-state index in [2.05, 4.69) is 25.8 Å². The minimum Gasteiger partial charge on any atom is -0.340 e. The van der Waals surface area contributed by atoms with Gasteiger partial charge in [-0.2, -0.15) is 0 Å². The monoisotopic (exact) mass is 301 g/mol. The summed E-state index contributed by atoms with van der Waals surface area (Å²) in [7, 11) is 0. The van der Waals surface area contributed by atoms with Gasteiger partial charge in [-0.3, -0.25) is 5.43 Å². The number of pyridine rings is 1. The lowest BCUT2D eigenvalue weighted by Gasteiger charge is -2.17. The van der Waals surface area contributed by atoms with Crippen molar-refractivity contribution in [3.8, 4) is 0 Å². The average Bonchev–Trinajstić information content (AvgIpc) is 3.13. The van der Waals surface area contributed by atoms with Gasteiger partial charge in [-0.1, -0.05) is 6.07 Å². The van der Waals surface area contributed by atoms with Gasteiger partial charge in [0.1, 0.15) is 17.5 Å². The maximum Gasteiger partial charge on any atom is 0.177 e. The van der Waals surface area contributed by atoms with Crippen molar-refractivity contribution in [1.29, 1.82) is 0 Å². The Morgan fingerprint density at radius 1 is 1.18 bits per heavy atom. The first-order valence-corrected chi connectivity index (χ1v) is 6.96. The van der Waals surface area contributed by atoms with Crippen LogP contribution in [0.1, 0.15) is 23.3 Å². The van der Waals surface area contributed by atoms with Crippen LogP contribution in [0.25, 0.3) is 11.2 Å². The van der Waals surface area contributed by atoms with E-state index in [1.165, 1.54) is 12.1 Å². The third kappa shape index (κ3) is 2.15. The number of aromatic amines is 1. The summed E-state index contributed by atoms with van der Waals surface area (Å²) in [4.78, 5) is 11.9. The van der Waals surface area contributed by atoms with Crippen LogP contribution in [0, 0.1) is 11.6 Å². The Balaban J connectivity index is 1.74. The normalized spacial score (nSPS) is 21.5. The van der Waals surface area contributed by atoms with Crippen LogP contribution < -0.4 is 10.9 Å². The zero-order chi connectivity index (χ0) is 15.1. The Morgan fingerprint density at radius 2 is 2.09 bits per heavy atom. The molecule has 1 fully saturated rings. The van der Waals surface area contributed by atoms with Crippen LogP contribution in [0.5, 0.6) is 0 Å². The predicted molar refractivity (Wildman–Crippen MR) is 76.9 cm³/mol. The molecule has 0 radical (unpaired) electrons. The smallest absolute Gasteiger partial charge is 0.177 e. The van der Waals surface area contributed by atoms with Gasteiger partial charge in [0.05, 0.1) is 17.5 Å². The van der Waals surface area contributed by atoms with E-state index in [1.54, 1.807) is 6.20 Å². The number of hydrazine groups is 1. The number of hydrogen-bond donors (Lipinski definition) is 3. The van der Waals surface area contributed by atoms with Gasteiger partial charge in [0.2, 0.25) is 0 Å². The van der Waals surface area contributed by atoms with Crippen molar-refractivity contribution >= 4 is 11.2 Å². The number of H-pyrrole nitrogens is 1. The van der Waals surface area contributed by atoms with Crippen molar-refractivity contribution in [3.05, 3.63) is 59.6 Å². The van der Waals surface area contributed by atoms with Crippen molar-refractivity contribution in [2.45, 2.75) is 12.0 Å². The molecule has 0 saturated carbocycles. The predicted octanol–water partition coefficient (Wildman–Crippen LogP) is 2.17. The second-order valence-corrected chi connectivity index (χ2v) is 5.27. The molecule has 2 unspecified atom stereocenters. The highest BCUT2D eigenvalue weighted by atomic mass is 19.1. The maximum atomic E-state index is 14.0. The first kappa shape index (κ1) is 13.3. The van der Waals surface area contributed by atoms with Crippen molar-refractivity contribution in [1.82, 2.24) is 25.8 Å². The van der Waals surface area contributed by atoms with Crippen LogP contribution in [0.3, 0.4) is 0 Å². The van der Waals surface area contributed by atoms with Crippen molar-refractivity contribution < 1.29 is 8.78 Å². The number of rotatable bonds is 2. The number of nitrogens with one attached hydrogen (secondary N) is 3. The Bertz CT molecular complexity index is 799. The molecule has 7 heteroatoms. The zero-order valence-corrected chi connectivity index (χ0v) is 11.5. The lowest BCUT2D eigenvalue weighted by molar-refractivity contribution is 0.498. The van der Waals surface area contributed by atoms with Gasteiger partial charge in [0, 0.05) is 24.4 Å². The number of benzene rings is 1. The van der Waals surface area contributed by atoms with Crippen LogP contribution in [-0.4, -0.2) is 21.5 Å². The molecule has 0 amide bonds. The van der Waals surface area contributed by atoms with E-state index in [9.17, 15) is 8.78 Å². The van der Waals surface area contributed by atoms with Crippen LogP contribution >= 0.6 is 0 Å². The van der Waals surface area contributed by atoms with Crippen molar-refractivity contribution in [2.75, 3.05) is 6.54 Å². The third-order valence-corrected chi connectivity index (χ3v) is 3.91. The van der Waals surface area contributed by atoms with E-state index in [0.29, 0.717) is 17.8 Å². The minimum absolute atomic E-state index is 0.103. The van der Waals surface area contributed by atoms with Gasteiger partial charge in [0.25, 0.3) is 0 Å². The summed E-state index contributed by atoms with van der Waals surface area (Å²) in [6.07, 6.45) is 1.68. The lowest BCUT2D eigenvalue weighted by Crippen LogP contribution is -2.25. The first-order valence-electron chi connectivity index (χ1n) is 6.96. The fourth-order valence-electron chi connectivity index (χ4n) is 2.84. The van der Waals surface area contributed by atoms with Gasteiger partial charge in [0.15, 0.2) is 5.65 Å². The van der Waals surface area contributed by atoms with E-state index < -0.39 is 11.6 Å². The van der Waals surface area contributed by atoms with Crippen LogP contribution in [0.2, 0.25) is 0 Å². The fraction of sp³-hybridized carbons (Fsp3) is 0.200. The molecule has 3 aromatic rings. The molecule has 1 aliphatic rings. The average molecular weight is 301 g/mol. The summed E-state index contributed by atoms with van der Waals surface area (Å²) < 4.78 is 27.1. The molecule has 5 nitrogen and oxygen atoms in total. The standard InChI is InChI=1S/C15H13F2N5/c16-8-3-4-9(11(17)6-8)13-10(7-19-22-13)14-20-12-2-1-5-18-15(12)21-14/h1-6,10,13,19,22H,7H2,(H,18,20,21). The third-order valence-electron chi connectivity index (χ3n) is 3.91. The van der Waals surface area contributed by atoms with Gasteiger partial charge >= 0.3 is 0 Å². The highest BCUT2D eigenvalue weighted by Gasteiger charge is 2.33. The molecule has 0 spiro atoms. The molecule has 0 bridgehead atoms. The van der Waals surface area contributed by atoms with Crippen LogP contribution in [0.4, 0.5) is 8.78 Å². The molecule has 1 aliphatic heterocycles. The minimum atomic E-state index is -0.586. The number of hydrogen-bond acceptors (Lipinski definition) is 4. The largest absolute Gasteiger partial charge is 0.340 e. The molecule has 3 N–H and O–H groups in total. The molecule has 3 heterocycles. The Kier molecular flexibility index (Phi) is 3.09. The second-order valence-electron chi connectivity index (χ2n) is 5.27. The Labute approximate surface area is 124 Å². The van der Waals surface area contributed by atoms with E-state index >= 15 is 0 Å². The molecule has 22 heavy (non-hydrogen) atoms. The van der Waals surface area contributed by atoms with Crippen LogP contribution in [-0.2, 0) is 0 Å². The van der Waals surface area contributed by atoms with E-state index in [0.717, 1.165) is 17.4 Å². The van der Waals surface area contributed by atoms with Crippen molar-refractivity contribution in [2.24, 2.45) is 0 Å². The summed E-state index contributed by atoms with van der Waals surface area (Å²) in [6, 6.07) is 7.00. The summed E-state index contributed by atoms with van der Waals surface area (Å²) in [5.41, 5.74) is 7.92. The molecule has 2 aromatic heterocycles. The van der Waals surface area contributed by atoms with Crippen molar-refractivity contribution in [3.63, 3.8) is 0 Å². The number of fused-ring (bicyclic) bond motifs is 1. The highest BCUT2D eigenvalue weighted by molar-refractivity contribution is 5.70. The first-order chi connectivity index (χ1) is 10.7. The molecule has 4 rings (SSSR count). The Morgan fingerprint density at radius 3 is 2.91 bits per heavy atom. The SMILES string of the molecule is Fc1ccc(C2NNCC2c2nc3ncccc3[nH]2)c(F)c1. The number of imidazole rings is 1. The van der Waals surface area contributed by atoms with Crippen LogP contribution in [0.15, 0.2) is 36.5 Å². The topological polar surface area (TPSA) is 65.6 Å². The highest BCUT2D eigenvalue weighted by Crippen LogP contribution is 2.33. The summed E-state index contributed by atoms with van der Waals surface area (Å²) >= 11 is 0. The molecular formula is C15H13F2N5. The molecule has 2 atom stereocenters. The van der Waals surface area contributed by atoms with E-state index in [1.807, 2.05) is 12.1 Å².